The van der Waals surface area contributed by atoms with Crippen LogP contribution < -0.4 is 14.7 Å². The Bertz CT molecular complexity index is 1090. The number of carbonyl (C=O) groups excluding carboxylic acids is 1. The smallest absolute Gasteiger partial charge is 0.165 e. The molecule has 2 aromatic rings. The number of nitrogens with one attached hydrogen (secondary N) is 1. The van der Waals surface area contributed by atoms with E-state index in [1.807, 2.05) is 12.1 Å². The van der Waals surface area contributed by atoms with Crippen LogP contribution >= 0.6 is 0 Å². The van der Waals surface area contributed by atoms with Crippen LogP contribution in [0.5, 0.6) is 11.5 Å². The fourth-order valence-corrected chi connectivity index (χ4v) is 6.34. The normalized spacial score (nSPS) is 33.2. The molecule has 6 rings (SSSR count). The van der Waals surface area contributed by atoms with Crippen molar-refractivity contribution in [2.45, 2.75) is 49.0 Å². The number of likely N-dealkylation sites (N-methyl/N-ethyl adjacent to an activating group) is 1. The van der Waals surface area contributed by atoms with Crippen molar-refractivity contribution >= 4 is 5.97 Å². The molecule has 1 spiro atoms. The molecule has 33 heavy (non-hydrogen) atoms. The van der Waals surface area contributed by atoms with Gasteiger partial charge in [0.15, 0.2) is 11.5 Å². The van der Waals surface area contributed by atoms with Crippen molar-refractivity contribution in [3.05, 3.63) is 71.3 Å². The number of piperidine rings is 1. The van der Waals surface area contributed by atoms with E-state index in [0.717, 1.165) is 19.4 Å². The third-order valence-corrected chi connectivity index (χ3v) is 7.85. The second-order valence-corrected chi connectivity index (χ2v) is 9.59. The van der Waals surface area contributed by atoms with E-state index in [1.165, 1.54) is 11.1 Å². The monoisotopic (exact) mass is 451 g/mol. The molecule has 7 atom stereocenters. The maximum atomic E-state index is 10.4. The number of aromatic hydroxyl groups is 1. The van der Waals surface area contributed by atoms with E-state index in [0.29, 0.717) is 23.3 Å². The Labute approximate surface area is 192 Å². The first-order valence-electron chi connectivity index (χ1n) is 11.5. The summed E-state index contributed by atoms with van der Waals surface area (Å²) in [6.45, 7) is 1.09. The summed E-state index contributed by atoms with van der Waals surface area (Å²) in [6.07, 6.45) is 3.99. The van der Waals surface area contributed by atoms with Gasteiger partial charge in [0.25, 0.3) is 0 Å². The average molecular weight is 452 g/mol. The zero-order valence-electron chi connectivity index (χ0n) is 18.5. The Balaban J connectivity index is 0.000000164. The highest BCUT2D eigenvalue weighted by Gasteiger charge is 2.65. The van der Waals surface area contributed by atoms with E-state index in [4.69, 9.17) is 4.74 Å². The number of phenols is 1. The summed E-state index contributed by atoms with van der Waals surface area (Å²) in [4.78, 5) is 11.7. The molecule has 2 aromatic carbocycles. The molecule has 4 N–H and O–H groups in total. The number of aliphatic hydroxyl groups is 2. The van der Waals surface area contributed by atoms with E-state index in [1.54, 1.807) is 41.3 Å². The Morgan fingerprint density at radius 1 is 1.24 bits per heavy atom. The van der Waals surface area contributed by atoms with Crippen molar-refractivity contribution in [1.29, 1.82) is 0 Å². The molecule has 174 valence electrons. The van der Waals surface area contributed by atoms with Crippen molar-refractivity contribution in [2.75, 3.05) is 13.6 Å². The lowest BCUT2D eigenvalue weighted by Gasteiger charge is -2.54. The van der Waals surface area contributed by atoms with Gasteiger partial charge < -0.3 is 34.9 Å². The van der Waals surface area contributed by atoms with Crippen molar-refractivity contribution in [1.82, 2.24) is 0 Å². The molecule has 0 radical (unpaired) electrons. The molecule has 1 saturated heterocycles. The first-order valence-corrected chi connectivity index (χ1v) is 11.5. The van der Waals surface area contributed by atoms with E-state index in [-0.39, 0.29) is 23.7 Å². The van der Waals surface area contributed by atoms with Crippen LogP contribution in [0.2, 0.25) is 0 Å². The molecule has 2 heterocycles. The predicted molar refractivity (Wildman–Crippen MR) is 118 cm³/mol. The van der Waals surface area contributed by atoms with E-state index >= 15 is 0 Å². The molecule has 0 aromatic heterocycles. The molecule has 7 nitrogen and oxygen atoms in total. The molecule has 4 aliphatic rings. The minimum atomic E-state index is -1.24. The first kappa shape index (κ1) is 21.9. The van der Waals surface area contributed by atoms with E-state index in [2.05, 4.69) is 13.1 Å². The summed E-state index contributed by atoms with van der Waals surface area (Å²) < 4.78 is 6.10. The quantitative estimate of drug-likeness (QED) is 0.474. The van der Waals surface area contributed by atoms with Crippen molar-refractivity contribution in [2.24, 2.45) is 5.92 Å². The summed E-state index contributed by atoms with van der Waals surface area (Å²) in [6, 6.07) is 13.0. The number of carboxylic acids is 1. The van der Waals surface area contributed by atoms with Gasteiger partial charge in [-0.3, -0.25) is 0 Å². The fraction of sp³-hybridized carbons (Fsp3) is 0.423. The number of hydrogen-bond acceptors (Lipinski definition) is 6. The molecule has 2 aliphatic carbocycles. The lowest BCUT2D eigenvalue weighted by atomic mass is 9.53. The zero-order valence-corrected chi connectivity index (χ0v) is 18.5. The SMILES string of the molecule is C[NH+]1CC[C@]23c4c5ccc(O)c4O[C@H]2[C@@H](O)C=C[C@H]3[C@H]1C5.O=C([O-])C[C@H](O)c1ccccc1. The van der Waals surface area contributed by atoms with Gasteiger partial charge in [-0.1, -0.05) is 48.6 Å². The first-order chi connectivity index (χ1) is 15.8. The average Bonchev–Trinajstić information content (AvgIpc) is 3.16. The van der Waals surface area contributed by atoms with Crippen molar-refractivity contribution in [3.63, 3.8) is 0 Å². The van der Waals surface area contributed by atoms with Crippen LogP contribution in [0.3, 0.4) is 0 Å². The molecular formula is C26H29NO6. The van der Waals surface area contributed by atoms with E-state index in [9.17, 15) is 25.2 Å². The number of quaternary nitrogens is 1. The van der Waals surface area contributed by atoms with Crippen LogP contribution in [-0.4, -0.2) is 53.1 Å². The second-order valence-electron chi connectivity index (χ2n) is 9.59. The summed E-state index contributed by atoms with van der Waals surface area (Å²) >= 11 is 0. The van der Waals surface area contributed by atoms with Crippen molar-refractivity contribution < 1.29 is 34.9 Å². The Hall–Kier alpha value is -2.87. The largest absolute Gasteiger partial charge is 0.550 e. The summed E-state index contributed by atoms with van der Waals surface area (Å²) in [5, 5.41) is 40.0. The number of phenolic OH excluding ortho intramolecular Hbond substituents is 1. The predicted octanol–water partition coefficient (Wildman–Crippen LogP) is -0.359. The maximum absolute atomic E-state index is 10.4. The molecule has 1 unspecified atom stereocenters. The van der Waals surface area contributed by atoms with Gasteiger partial charge in [-0.05, 0) is 17.2 Å². The third kappa shape index (κ3) is 3.42. The molecule has 1 fully saturated rings. The number of benzene rings is 2. The summed E-state index contributed by atoms with van der Waals surface area (Å²) in [5.41, 5.74) is 2.94. The molecular weight excluding hydrogens is 422 g/mol. The maximum Gasteiger partial charge on any atom is 0.165 e. The van der Waals surface area contributed by atoms with Crippen molar-refractivity contribution in [3.8, 4) is 11.5 Å². The minimum Gasteiger partial charge on any atom is -0.550 e. The van der Waals surface area contributed by atoms with Crippen LogP contribution in [0.1, 0.15) is 35.6 Å². The molecule has 0 amide bonds. The number of hydrogen-bond donors (Lipinski definition) is 4. The van der Waals surface area contributed by atoms with Gasteiger partial charge in [0.2, 0.25) is 0 Å². The lowest BCUT2D eigenvalue weighted by molar-refractivity contribution is -0.917. The Morgan fingerprint density at radius 3 is 2.73 bits per heavy atom. The fourth-order valence-electron chi connectivity index (χ4n) is 6.34. The van der Waals surface area contributed by atoms with Gasteiger partial charge in [0, 0.05) is 36.7 Å². The Kier molecular flexibility index (Phi) is 5.43. The minimum absolute atomic E-state index is 0.139. The topological polar surface area (TPSA) is 114 Å². The second kappa shape index (κ2) is 8.17. The van der Waals surface area contributed by atoms with Crippen LogP contribution in [0.4, 0.5) is 0 Å². The van der Waals surface area contributed by atoms with Crippen LogP contribution in [0.25, 0.3) is 0 Å². The highest BCUT2D eigenvalue weighted by atomic mass is 16.5. The van der Waals surface area contributed by atoms with E-state index < -0.39 is 18.2 Å². The number of carboxylic acid groups (broad SMARTS) is 1. The molecule has 0 saturated carbocycles. The van der Waals surface area contributed by atoms with Gasteiger partial charge >= 0.3 is 0 Å². The van der Waals surface area contributed by atoms with Crippen LogP contribution in [0, 0.1) is 5.92 Å². The number of likely N-dealkylation sites (tertiary alicyclic amines) is 1. The lowest BCUT2D eigenvalue weighted by Crippen LogP contribution is -3.16. The highest BCUT2D eigenvalue weighted by molar-refractivity contribution is 5.65. The summed E-state index contributed by atoms with van der Waals surface area (Å²) in [5.74, 6) is -0.00185. The van der Waals surface area contributed by atoms with Gasteiger partial charge in [-0.25, -0.2) is 0 Å². The standard InChI is InChI=1S/C17H19NO3.C9H10O3/c1-18-7-6-17-10-3-5-13(20)16(17)21-15-12(19)4-2-9(14(15)17)8-11(10)18;10-8(6-9(11)12)7-4-2-1-3-5-7/h2-5,10-11,13,16,19-20H,6-8H2,1H3;1-5,8,10H,6H2,(H,11,12)/t10-,11+,13-,16-,17-;8-/m00/s1. The van der Waals surface area contributed by atoms with Gasteiger partial charge in [0.1, 0.15) is 12.2 Å². The number of ether oxygens (including phenoxy) is 1. The number of rotatable bonds is 3. The third-order valence-electron chi connectivity index (χ3n) is 7.85. The number of aliphatic carboxylic acids is 1. The van der Waals surface area contributed by atoms with Gasteiger partial charge in [0.05, 0.1) is 31.2 Å². The number of aliphatic hydroxyl groups excluding tert-OH is 2. The molecule has 2 bridgehead atoms. The number of carbonyl (C=O) groups is 1. The molecule has 7 heteroatoms. The highest BCUT2D eigenvalue weighted by Crippen LogP contribution is 2.60. The zero-order chi connectivity index (χ0) is 23.3. The van der Waals surface area contributed by atoms with Crippen LogP contribution in [0.15, 0.2) is 54.6 Å². The summed E-state index contributed by atoms with van der Waals surface area (Å²) in [7, 11) is 2.27. The van der Waals surface area contributed by atoms with Gasteiger partial charge in [-0.2, -0.15) is 0 Å². The van der Waals surface area contributed by atoms with Crippen LogP contribution in [-0.2, 0) is 16.6 Å². The molecule has 2 aliphatic heterocycles. The Morgan fingerprint density at radius 2 is 2.00 bits per heavy atom. The van der Waals surface area contributed by atoms with Gasteiger partial charge in [-0.15, -0.1) is 0 Å².